The highest BCUT2D eigenvalue weighted by atomic mass is 16.5. The molecule has 0 spiro atoms. The number of nitrogens with two attached hydrogens (primary N) is 1. The smallest absolute Gasteiger partial charge is 0.258 e. The van der Waals surface area contributed by atoms with E-state index >= 15 is 0 Å². The van der Waals surface area contributed by atoms with Gasteiger partial charge < -0.3 is 15.0 Å². The van der Waals surface area contributed by atoms with Crippen LogP contribution in [0, 0.1) is 0 Å². The molecular weight excluding hydrogens is 228 g/mol. The lowest BCUT2D eigenvalue weighted by Crippen LogP contribution is -2.27. The van der Waals surface area contributed by atoms with Gasteiger partial charge in [-0.2, -0.15) is 0 Å². The number of benzene rings is 1. The molecule has 2 N–H and O–H groups in total. The van der Waals surface area contributed by atoms with Crippen molar-refractivity contribution in [2.24, 2.45) is 5.73 Å². The molecule has 0 amide bonds. The van der Waals surface area contributed by atoms with Gasteiger partial charge in [-0.1, -0.05) is 0 Å². The van der Waals surface area contributed by atoms with Crippen LogP contribution in [-0.4, -0.2) is 17.7 Å². The minimum atomic E-state index is -0.00602. The third-order valence-corrected chi connectivity index (χ3v) is 3.03. The van der Waals surface area contributed by atoms with Crippen molar-refractivity contribution in [3.63, 3.8) is 0 Å². The van der Waals surface area contributed by atoms with Gasteiger partial charge in [0.05, 0.1) is 6.61 Å². The van der Waals surface area contributed by atoms with E-state index in [0.717, 1.165) is 11.1 Å². The number of ether oxygens (including phenoxy) is 1. The van der Waals surface area contributed by atoms with E-state index in [2.05, 4.69) is 0 Å². The molecule has 18 heavy (non-hydrogen) atoms. The zero-order chi connectivity index (χ0) is 13.1. The van der Waals surface area contributed by atoms with Gasteiger partial charge in [0.15, 0.2) is 0 Å². The first kappa shape index (κ1) is 12.6. The van der Waals surface area contributed by atoms with E-state index in [1.165, 1.54) is 0 Å². The maximum Gasteiger partial charge on any atom is 0.258 e. The highest BCUT2D eigenvalue weighted by molar-refractivity contribution is 5.82. The molecule has 1 heterocycles. The van der Waals surface area contributed by atoms with E-state index in [1.807, 2.05) is 38.1 Å². The van der Waals surface area contributed by atoms with Crippen molar-refractivity contribution in [2.45, 2.75) is 19.9 Å². The number of hydrogen-bond acceptors (Lipinski definition) is 3. The Hall–Kier alpha value is -1.81. The van der Waals surface area contributed by atoms with Crippen LogP contribution >= 0.6 is 0 Å². The first-order valence-electron chi connectivity index (χ1n) is 6.15. The molecule has 0 aliphatic carbocycles. The second-order valence-electron chi connectivity index (χ2n) is 4.29. The zero-order valence-electron chi connectivity index (χ0n) is 10.7. The third-order valence-electron chi connectivity index (χ3n) is 3.03. The predicted molar refractivity (Wildman–Crippen MR) is 73.1 cm³/mol. The van der Waals surface area contributed by atoms with Crippen molar-refractivity contribution in [1.29, 1.82) is 0 Å². The highest BCUT2D eigenvalue weighted by Crippen LogP contribution is 2.18. The lowest BCUT2D eigenvalue weighted by Gasteiger charge is -2.13. The van der Waals surface area contributed by atoms with Crippen LogP contribution < -0.4 is 16.0 Å². The monoisotopic (exact) mass is 246 g/mol. The normalized spacial score (nSPS) is 12.6. The van der Waals surface area contributed by atoms with Crippen LogP contribution in [0.3, 0.4) is 0 Å². The van der Waals surface area contributed by atoms with E-state index in [-0.39, 0.29) is 11.6 Å². The molecule has 4 nitrogen and oxygen atoms in total. The van der Waals surface area contributed by atoms with Gasteiger partial charge in [-0.3, -0.25) is 4.79 Å². The quantitative estimate of drug-likeness (QED) is 0.896. The molecular formula is C14H18N2O2. The Balaban J connectivity index is 2.55. The molecule has 1 aromatic heterocycles. The molecule has 0 saturated carbocycles. The second-order valence-corrected chi connectivity index (χ2v) is 4.29. The summed E-state index contributed by atoms with van der Waals surface area (Å²) in [6, 6.07) is 7.45. The second kappa shape index (κ2) is 5.23. The Morgan fingerprint density at radius 1 is 1.39 bits per heavy atom. The summed E-state index contributed by atoms with van der Waals surface area (Å²) in [7, 11) is 0. The Bertz CT molecular complexity index is 604. The SMILES string of the molecule is CCOc1ccc2c(=O)n(C(C)CN)ccc2c1. The summed E-state index contributed by atoms with van der Waals surface area (Å²) in [5.74, 6) is 0.786. The molecule has 0 saturated heterocycles. The molecule has 0 aliphatic rings. The standard InChI is InChI=1S/C14H18N2O2/c1-3-18-12-4-5-13-11(8-12)6-7-16(14(13)17)10(2)9-15/h4-8,10H,3,9,15H2,1-2H3. The number of nitrogens with zero attached hydrogens (tertiary/aromatic N) is 1. The van der Waals surface area contributed by atoms with Gasteiger partial charge >= 0.3 is 0 Å². The first-order valence-corrected chi connectivity index (χ1v) is 6.15. The number of pyridine rings is 1. The molecule has 0 radical (unpaired) electrons. The molecule has 4 heteroatoms. The van der Waals surface area contributed by atoms with Gasteiger partial charge in [0, 0.05) is 24.2 Å². The molecule has 1 unspecified atom stereocenters. The Labute approximate surface area is 106 Å². The number of fused-ring (bicyclic) bond motifs is 1. The predicted octanol–water partition coefficient (Wildman–Crippen LogP) is 1.92. The topological polar surface area (TPSA) is 57.2 Å². The van der Waals surface area contributed by atoms with E-state index in [1.54, 1.807) is 10.8 Å². The summed E-state index contributed by atoms with van der Waals surface area (Å²) in [5, 5.41) is 1.59. The molecule has 2 aromatic rings. The average molecular weight is 246 g/mol. The molecule has 0 aliphatic heterocycles. The van der Waals surface area contributed by atoms with Gasteiger partial charge in [0.1, 0.15) is 5.75 Å². The van der Waals surface area contributed by atoms with E-state index in [0.29, 0.717) is 18.5 Å². The van der Waals surface area contributed by atoms with Crippen LogP contribution in [0.25, 0.3) is 10.8 Å². The van der Waals surface area contributed by atoms with Crippen molar-refractivity contribution in [3.8, 4) is 5.75 Å². The molecule has 0 bridgehead atoms. The minimum Gasteiger partial charge on any atom is -0.494 e. The molecule has 1 atom stereocenters. The van der Waals surface area contributed by atoms with Crippen molar-refractivity contribution < 1.29 is 4.74 Å². The van der Waals surface area contributed by atoms with Gasteiger partial charge in [-0.15, -0.1) is 0 Å². The number of aromatic nitrogens is 1. The summed E-state index contributed by atoms with van der Waals surface area (Å²) >= 11 is 0. The largest absolute Gasteiger partial charge is 0.494 e. The van der Waals surface area contributed by atoms with Crippen molar-refractivity contribution in [3.05, 3.63) is 40.8 Å². The number of rotatable bonds is 4. The summed E-state index contributed by atoms with van der Waals surface area (Å²) in [6.45, 7) is 4.93. The summed E-state index contributed by atoms with van der Waals surface area (Å²) in [5.41, 5.74) is 5.59. The molecule has 0 fully saturated rings. The Kier molecular flexibility index (Phi) is 3.67. The van der Waals surface area contributed by atoms with Crippen LogP contribution in [0.1, 0.15) is 19.9 Å². The van der Waals surface area contributed by atoms with Gasteiger partial charge in [0.25, 0.3) is 5.56 Å². The van der Waals surface area contributed by atoms with Crippen LogP contribution in [0.4, 0.5) is 0 Å². The Morgan fingerprint density at radius 2 is 2.17 bits per heavy atom. The van der Waals surface area contributed by atoms with Crippen molar-refractivity contribution in [2.75, 3.05) is 13.2 Å². The Morgan fingerprint density at radius 3 is 2.83 bits per heavy atom. The van der Waals surface area contributed by atoms with Crippen LogP contribution in [0.5, 0.6) is 5.75 Å². The molecule has 2 rings (SSSR count). The summed E-state index contributed by atoms with van der Waals surface area (Å²) < 4.78 is 7.09. The fraction of sp³-hybridized carbons (Fsp3) is 0.357. The van der Waals surface area contributed by atoms with Crippen molar-refractivity contribution >= 4 is 10.8 Å². The average Bonchev–Trinajstić information content (AvgIpc) is 2.38. The first-order chi connectivity index (χ1) is 8.67. The lowest BCUT2D eigenvalue weighted by molar-refractivity contribution is 0.340. The van der Waals surface area contributed by atoms with E-state index in [9.17, 15) is 4.79 Å². The van der Waals surface area contributed by atoms with E-state index < -0.39 is 0 Å². The molecule has 1 aromatic carbocycles. The number of hydrogen-bond donors (Lipinski definition) is 1. The van der Waals surface area contributed by atoms with Crippen molar-refractivity contribution in [1.82, 2.24) is 4.57 Å². The maximum atomic E-state index is 12.3. The van der Waals surface area contributed by atoms with Crippen LogP contribution in [-0.2, 0) is 0 Å². The van der Waals surface area contributed by atoms with Crippen LogP contribution in [0.2, 0.25) is 0 Å². The van der Waals surface area contributed by atoms with Gasteiger partial charge in [-0.25, -0.2) is 0 Å². The van der Waals surface area contributed by atoms with E-state index in [4.69, 9.17) is 10.5 Å². The van der Waals surface area contributed by atoms with Gasteiger partial charge in [0.2, 0.25) is 0 Å². The van der Waals surface area contributed by atoms with Gasteiger partial charge in [-0.05, 0) is 43.5 Å². The third kappa shape index (κ3) is 2.24. The zero-order valence-corrected chi connectivity index (χ0v) is 10.7. The fourth-order valence-corrected chi connectivity index (χ4v) is 1.96. The lowest BCUT2D eigenvalue weighted by atomic mass is 10.1. The fourth-order valence-electron chi connectivity index (χ4n) is 1.96. The maximum absolute atomic E-state index is 12.3. The summed E-state index contributed by atoms with van der Waals surface area (Å²) in [6.07, 6.45) is 1.79. The highest BCUT2D eigenvalue weighted by Gasteiger charge is 2.08. The minimum absolute atomic E-state index is 0.00602. The summed E-state index contributed by atoms with van der Waals surface area (Å²) in [4.78, 5) is 12.3. The van der Waals surface area contributed by atoms with Crippen LogP contribution in [0.15, 0.2) is 35.3 Å². The molecule has 96 valence electrons.